The maximum absolute atomic E-state index is 12.6. The van der Waals surface area contributed by atoms with Crippen LogP contribution in [0.3, 0.4) is 0 Å². The summed E-state index contributed by atoms with van der Waals surface area (Å²) in [6, 6.07) is 21.9. The third-order valence-corrected chi connectivity index (χ3v) is 4.49. The number of hydrogen-bond donors (Lipinski definition) is 1. The van der Waals surface area contributed by atoms with Gasteiger partial charge in [0.15, 0.2) is 5.78 Å². The van der Waals surface area contributed by atoms with E-state index in [9.17, 15) is 9.59 Å². The molecule has 1 unspecified atom stereocenters. The number of hydrogen-bond acceptors (Lipinski definition) is 4. The van der Waals surface area contributed by atoms with Gasteiger partial charge in [-0.1, -0.05) is 36.4 Å². The first kappa shape index (κ1) is 20.3. The third kappa shape index (κ3) is 5.75. The predicted octanol–water partition coefficient (Wildman–Crippen LogP) is 4.35. The molecule has 0 saturated carbocycles. The molecule has 3 aromatic rings. The minimum absolute atomic E-state index is 0.0719. The molecule has 0 spiro atoms. The molecule has 1 amide bonds. The molecular formula is C24H24N2O3. The number of Topliss-reactive ketones (excluding diaryl/α,β-unsaturated/α-hetero) is 1. The second-order valence-corrected chi connectivity index (χ2v) is 6.55. The minimum atomic E-state index is -0.356. The van der Waals surface area contributed by atoms with E-state index in [1.807, 2.05) is 55.5 Å². The molecule has 0 aliphatic carbocycles. The van der Waals surface area contributed by atoms with Crippen molar-refractivity contribution in [1.29, 1.82) is 0 Å². The first-order valence-electron chi connectivity index (χ1n) is 9.68. The van der Waals surface area contributed by atoms with E-state index in [1.165, 1.54) is 0 Å². The highest BCUT2D eigenvalue weighted by atomic mass is 16.5. The van der Waals surface area contributed by atoms with E-state index in [2.05, 4.69) is 10.3 Å². The summed E-state index contributed by atoms with van der Waals surface area (Å²) in [5.41, 5.74) is 2.27. The summed E-state index contributed by atoms with van der Waals surface area (Å²) in [6.07, 6.45) is 1.96. The number of ketones is 1. The number of aromatic nitrogens is 1. The maximum Gasteiger partial charge on any atom is 0.221 e. The first-order chi connectivity index (χ1) is 14.2. The lowest BCUT2D eigenvalue weighted by Crippen LogP contribution is -2.30. The van der Waals surface area contributed by atoms with Crippen LogP contribution in [0.2, 0.25) is 0 Å². The molecule has 0 fully saturated rings. The Kier molecular flexibility index (Phi) is 7.11. The van der Waals surface area contributed by atoms with Gasteiger partial charge < -0.3 is 10.1 Å². The van der Waals surface area contributed by atoms with Crippen LogP contribution in [0.4, 0.5) is 0 Å². The quantitative estimate of drug-likeness (QED) is 0.554. The number of nitrogens with one attached hydrogen (secondary N) is 1. The van der Waals surface area contributed by atoms with E-state index in [-0.39, 0.29) is 30.6 Å². The number of rotatable bonds is 9. The van der Waals surface area contributed by atoms with Crippen LogP contribution >= 0.6 is 0 Å². The van der Waals surface area contributed by atoms with Crippen molar-refractivity contribution in [3.8, 4) is 5.75 Å². The van der Waals surface area contributed by atoms with Crippen LogP contribution in [-0.4, -0.2) is 23.3 Å². The zero-order chi connectivity index (χ0) is 20.5. The topological polar surface area (TPSA) is 68.3 Å². The molecular weight excluding hydrogens is 364 g/mol. The summed E-state index contributed by atoms with van der Waals surface area (Å²) in [6.45, 7) is 2.48. The van der Waals surface area contributed by atoms with Crippen molar-refractivity contribution in [1.82, 2.24) is 10.3 Å². The van der Waals surface area contributed by atoms with Gasteiger partial charge in [-0.05, 0) is 48.9 Å². The summed E-state index contributed by atoms with van der Waals surface area (Å²) in [5, 5.41) is 3.01. The molecule has 0 saturated heterocycles. The van der Waals surface area contributed by atoms with Gasteiger partial charge in [0, 0.05) is 24.6 Å². The fourth-order valence-corrected chi connectivity index (χ4v) is 3.03. The Morgan fingerprint density at radius 2 is 1.66 bits per heavy atom. The van der Waals surface area contributed by atoms with Gasteiger partial charge in [0.05, 0.1) is 18.3 Å². The fraction of sp³-hybridized carbons (Fsp3) is 0.208. The summed E-state index contributed by atoms with van der Waals surface area (Å²) in [4.78, 5) is 29.4. The Bertz CT molecular complexity index is 886. The summed E-state index contributed by atoms with van der Waals surface area (Å²) < 4.78 is 5.39. The average molecular weight is 388 g/mol. The zero-order valence-corrected chi connectivity index (χ0v) is 16.4. The average Bonchev–Trinajstić information content (AvgIpc) is 2.78. The number of pyridine rings is 1. The van der Waals surface area contributed by atoms with Crippen LogP contribution in [-0.2, 0) is 4.79 Å². The van der Waals surface area contributed by atoms with Gasteiger partial charge in [-0.25, -0.2) is 0 Å². The Balaban J connectivity index is 1.62. The van der Waals surface area contributed by atoms with Gasteiger partial charge in [-0.2, -0.15) is 0 Å². The van der Waals surface area contributed by atoms with Gasteiger partial charge in [-0.3, -0.25) is 14.6 Å². The van der Waals surface area contributed by atoms with Crippen molar-refractivity contribution < 1.29 is 14.3 Å². The zero-order valence-electron chi connectivity index (χ0n) is 16.4. The van der Waals surface area contributed by atoms with E-state index < -0.39 is 0 Å². The number of benzene rings is 2. The Labute approximate surface area is 170 Å². The molecule has 1 aromatic heterocycles. The van der Waals surface area contributed by atoms with Crippen LogP contribution in [0, 0.1) is 0 Å². The molecule has 1 atom stereocenters. The molecule has 0 aliphatic heterocycles. The van der Waals surface area contributed by atoms with E-state index in [4.69, 9.17) is 4.74 Å². The number of carbonyl (C=O) groups is 2. The Morgan fingerprint density at radius 3 is 2.31 bits per heavy atom. The van der Waals surface area contributed by atoms with Gasteiger partial charge in [0.1, 0.15) is 5.75 Å². The number of amides is 1. The van der Waals surface area contributed by atoms with Crippen LogP contribution < -0.4 is 10.1 Å². The molecule has 3 rings (SSSR count). The van der Waals surface area contributed by atoms with Crippen molar-refractivity contribution in [2.75, 3.05) is 6.61 Å². The van der Waals surface area contributed by atoms with E-state index in [0.717, 1.165) is 17.0 Å². The summed E-state index contributed by atoms with van der Waals surface area (Å²) in [5.74, 6) is 0.462. The molecule has 0 radical (unpaired) electrons. The van der Waals surface area contributed by atoms with Crippen LogP contribution in [0.15, 0.2) is 79.0 Å². The molecule has 0 aliphatic rings. The molecule has 1 heterocycles. The Hall–Kier alpha value is -3.47. The van der Waals surface area contributed by atoms with Crippen molar-refractivity contribution in [3.63, 3.8) is 0 Å². The number of ether oxygens (including phenoxy) is 1. The number of nitrogens with zero attached hydrogens (tertiary/aromatic N) is 1. The lowest BCUT2D eigenvalue weighted by Gasteiger charge is -2.19. The second kappa shape index (κ2) is 10.2. The molecule has 5 nitrogen and oxygen atoms in total. The van der Waals surface area contributed by atoms with Crippen molar-refractivity contribution in [2.24, 2.45) is 0 Å². The maximum atomic E-state index is 12.6. The highest BCUT2D eigenvalue weighted by Crippen LogP contribution is 2.20. The van der Waals surface area contributed by atoms with E-state index >= 15 is 0 Å². The van der Waals surface area contributed by atoms with Gasteiger partial charge in [-0.15, -0.1) is 0 Å². The SMILES string of the molecule is CCOc1ccc(C(=O)CCC(=O)NC(c2ccccc2)c2ccccn2)cc1. The molecule has 5 heteroatoms. The monoisotopic (exact) mass is 388 g/mol. The third-order valence-electron chi connectivity index (χ3n) is 4.49. The lowest BCUT2D eigenvalue weighted by molar-refractivity contribution is -0.121. The molecule has 2 aromatic carbocycles. The highest BCUT2D eigenvalue weighted by Gasteiger charge is 2.18. The summed E-state index contributed by atoms with van der Waals surface area (Å²) >= 11 is 0. The number of carbonyl (C=O) groups excluding carboxylic acids is 2. The molecule has 1 N–H and O–H groups in total. The van der Waals surface area contributed by atoms with Crippen molar-refractivity contribution in [2.45, 2.75) is 25.8 Å². The van der Waals surface area contributed by atoms with Crippen molar-refractivity contribution >= 4 is 11.7 Å². The van der Waals surface area contributed by atoms with Gasteiger partial charge in [0.2, 0.25) is 5.91 Å². The molecule has 0 bridgehead atoms. The van der Waals surface area contributed by atoms with Gasteiger partial charge >= 0.3 is 0 Å². The molecule has 148 valence electrons. The van der Waals surface area contributed by atoms with Gasteiger partial charge in [0.25, 0.3) is 0 Å². The van der Waals surface area contributed by atoms with E-state index in [1.54, 1.807) is 30.5 Å². The second-order valence-electron chi connectivity index (χ2n) is 6.55. The fourth-order valence-electron chi connectivity index (χ4n) is 3.03. The highest BCUT2D eigenvalue weighted by molar-refractivity contribution is 5.98. The van der Waals surface area contributed by atoms with E-state index in [0.29, 0.717) is 12.2 Å². The molecule has 29 heavy (non-hydrogen) atoms. The van der Waals surface area contributed by atoms with Crippen LogP contribution in [0.5, 0.6) is 5.75 Å². The lowest BCUT2D eigenvalue weighted by atomic mass is 10.0. The summed E-state index contributed by atoms with van der Waals surface area (Å²) in [7, 11) is 0. The Morgan fingerprint density at radius 1 is 0.931 bits per heavy atom. The smallest absolute Gasteiger partial charge is 0.221 e. The van der Waals surface area contributed by atoms with Crippen LogP contribution in [0.1, 0.15) is 47.4 Å². The normalized spacial score (nSPS) is 11.5. The minimum Gasteiger partial charge on any atom is -0.494 e. The standard InChI is InChI=1S/C24H24N2O3/c1-2-29-20-13-11-18(12-14-20)22(27)15-16-23(28)26-24(19-8-4-3-5-9-19)21-10-6-7-17-25-21/h3-14,17,24H,2,15-16H2,1H3,(H,26,28). The largest absolute Gasteiger partial charge is 0.494 e. The van der Waals surface area contributed by atoms with Crippen molar-refractivity contribution in [3.05, 3.63) is 95.8 Å². The van der Waals surface area contributed by atoms with Crippen LogP contribution in [0.25, 0.3) is 0 Å². The predicted molar refractivity (Wildman–Crippen MR) is 112 cm³/mol. The first-order valence-corrected chi connectivity index (χ1v) is 9.68.